The van der Waals surface area contributed by atoms with E-state index in [9.17, 15) is 22.2 Å². The number of halogens is 1. The Bertz CT molecular complexity index is 1320. The van der Waals surface area contributed by atoms with E-state index in [1.165, 1.54) is 25.3 Å². The topological polar surface area (TPSA) is 99.6 Å². The van der Waals surface area contributed by atoms with Crippen molar-refractivity contribution in [3.05, 3.63) is 82.8 Å². The van der Waals surface area contributed by atoms with Crippen molar-refractivity contribution in [1.29, 1.82) is 0 Å². The monoisotopic (exact) mass is 483 g/mol. The van der Waals surface area contributed by atoms with Crippen LogP contribution in [0.1, 0.15) is 45.8 Å². The van der Waals surface area contributed by atoms with E-state index in [2.05, 4.69) is 10.3 Å². The number of amides is 1. The van der Waals surface area contributed by atoms with Gasteiger partial charge in [-0.1, -0.05) is 24.3 Å². The molecule has 1 saturated heterocycles. The molecule has 7 nitrogen and oxygen atoms in total. The van der Waals surface area contributed by atoms with Gasteiger partial charge in [-0.2, -0.15) is 8.42 Å². The molecule has 0 atom stereocenters. The molecule has 2 heterocycles. The third-order valence-electron chi connectivity index (χ3n) is 6.16. The lowest BCUT2D eigenvalue weighted by Gasteiger charge is -2.33. The standard InChI is InChI=1S/C25H26FN3O4S/c1-16-4-3-5-21(14-16)28-23-17(2)24(34(31,32)33)27-15-22(23)25(30)29-12-10-19(11-13-29)18-6-8-20(26)9-7-18/h3-9,14-15,19H,10-13H2,1-2H3,(H,27,28)(H,31,32,33). The van der Waals surface area contributed by atoms with Gasteiger partial charge in [0.25, 0.3) is 5.91 Å². The van der Waals surface area contributed by atoms with Crippen LogP contribution >= 0.6 is 0 Å². The van der Waals surface area contributed by atoms with E-state index in [1.54, 1.807) is 17.0 Å². The molecule has 1 amide bonds. The Kier molecular flexibility index (Phi) is 6.67. The highest BCUT2D eigenvalue weighted by molar-refractivity contribution is 7.85. The van der Waals surface area contributed by atoms with Crippen molar-refractivity contribution in [3.63, 3.8) is 0 Å². The Morgan fingerprint density at radius 2 is 1.79 bits per heavy atom. The number of pyridine rings is 1. The molecule has 3 aromatic rings. The van der Waals surface area contributed by atoms with E-state index in [-0.39, 0.29) is 28.8 Å². The minimum atomic E-state index is -4.57. The molecule has 0 radical (unpaired) electrons. The van der Waals surface area contributed by atoms with Crippen LogP contribution < -0.4 is 5.32 Å². The second-order valence-electron chi connectivity index (χ2n) is 8.56. The highest BCUT2D eigenvalue weighted by Crippen LogP contribution is 2.32. The van der Waals surface area contributed by atoms with Crippen molar-refractivity contribution in [1.82, 2.24) is 9.88 Å². The van der Waals surface area contributed by atoms with Gasteiger partial charge in [-0.05, 0) is 68.0 Å². The average Bonchev–Trinajstić information content (AvgIpc) is 2.80. The van der Waals surface area contributed by atoms with Gasteiger partial charge in [0.2, 0.25) is 0 Å². The van der Waals surface area contributed by atoms with E-state index >= 15 is 0 Å². The van der Waals surface area contributed by atoms with Crippen LogP contribution in [0.3, 0.4) is 0 Å². The highest BCUT2D eigenvalue weighted by Gasteiger charge is 2.29. The minimum absolute atomic E-state index is 0.163. The van der Waals surface area contributed by atoms with Gasteiger partial charge in [0, 0.05) is 30.5 Å². The molecule has 1 aliphatic rings. The van der Waals surface area contributed by atoms with Crippen LogP contribution in [0.4, 0.5) is 15.8 Å². The fourth-order valence-corrected chi connectivity index (χ4v) is 5.04. The molecule has 2 N–H and O–H groups in total. The Morgan fingerprint density at radius 1 is 1.12 bits per heavy atom. The molecule has 0 aliphatic carbocycles. The summed E-state index contributed by atoms with van der Waals surface area (Å²) in [5.41, 5.74) is 3.40. The van der Waals surface area contributed by atoms with Crippen LogP contribution in [0.15, 0.2) is 59.8 Å². The lowest BCUT2D eigenvalue weighted by Crippen LogP contribution is -2.38. The number of aryl methyl sites for hydroxylation is 1. The van der Waals surface area contributed by atoms with Crippen molar-refractivity contribution in [2.45, 2.75) is 37.6 Å². The van der Waals surface area contributed by atoms with Crippen LogP contribution in [0.2, 0.25) is 0 Å². The Labute approximate surface area is 198 Å². The maximum Gasteiger partial charge on any atom is 0.312 e. The molecule has 178 valence electrons. The zero-order valence-corrected chi connectivity index (χ0v) is 19.8. The summed E-state index contributed by atoms with van der Waals surface area (Å²) in [4.78, 5) is 19.1. The first-order chi connectivity index (χ1) is 16.1. The van der Waals surface area contributed by atoms with Crippen LogP contribution in [-0.2, 0) is 10.1 Å². The molecule has 1 fully saturated rings. The molecule has 1 aromatic heterocycles. The van der Waals surface area contributed by atoms with Gasteiger partial charge in [-0.25, -0.2) is 9.37 Å². The van der Waals surface area contributed by atoms with Crippen molar-refractivity contribution in [3.8, 4) is 0 Å². The first-order valence-corrected chi connectivity index (χ1v) is 12.4. The molecule has 9 heteroatoms. The van der Waals surface area contributed by atoms with Gasteiger partial charge < -0.3 is 10.2 Å². The summed E-state index contributed by atoms with van der Waals surface area (Å²) in [6, 6.07) is 13.9. The van der Waals surface area contributed by atoms with Gasteiger partial charge in [-0.3, -0.25) is 9.35 Å². The number of nitrogens with one attached hydrogen (secondary N) is 1. The number of piperidine rings is 1. The number of nitrogens with zero attached hydrogens (tertiary/aromatic N) is 2. The number of carbonyl (C=O) groups is 1. The van der Waals surface area contributed by atoms with E-state index in [4.69, 9.17) is 0 Å². The molecule has 4 rings (SSSR count). The normalized spacial score (nSPS) is 14.8. The molecule has 0 saturated carbocycles. The van der Waals surface area contributed by atoms with E-state index in [1.807, 2.05) is 31.2 Å². The summed E-state index contributed by atoms with van der Waals surface area (Å²) in [5.74, 6) is -0.317. The van der Waals surface area contributed by atoms with Gasteiger partial charge in [0.1, 0.15) is 5.82 Å². The number of anilines is 2. The number of hydrogen-bond donors (Lipinski definition) is 2. The summed E-state index contributed by atoms with van der Waals surface area (Å²) in [6.07, 6.45) is 2.66. The van der Waals surface area contributed by atoms with Gasteiger partial charge >= 0.3 is 10.1 Å². The molecule has 34 heavy (non-hydrogen) atoms. The fraction of sp³-hybridized carbons (Fsp3) is 0.280. The molecule has 0 bridgehead atoms. The zero-order valence-electron chi connectivity index (χ0n) is 19.0. The van der Waals surface area contributed by atoms with Crippen molar-refractivity contribution >= 4 is 27.4 Å². The van der Waals surface area contributed by atoms with E-state index in [0.29, 0.717) is 24.5 Å². The third-order valence-corrected chi connectivity index (χ3v) is 7.06. The van der Waals surface area contributed by atoms with Gasteiger partial charge in [0.05, 0.1) is 11.3 Å². The molecular weight excluding hydrogens is 457 g/mol. The Balaban J connectivity index is 1.62. The lowest BCUT2D eigenvalue weighted by atomic mass is 9.89. The summed E-state index contributed by atoms with van der Waals surface area (Å²) < 4.78 is 46.5. The quantitative estimate of drug-likeness (QED) is 0.504. The molecule has 0 unspecified atom stereocenters. The van der Waals surface area contributed by atoms with Gasteiger partial charge in [-0.15, -0.1) is 0 Å². The molecule has 0 spiro atoms. The predicted octanol–water partition coefficient (Wildman–Crippen LogP) is 4.85. The van der Waals surface area contributed by atoms with Crippen molar-refractivity contribution in [2.24, 2.45) is 0 Å². The van der Waals surface area contributed by atoms with Crippen molar-refractivity contribution < 1.29 is 22.2 Å². The van der Waals surface area contributed by atoms with Crippen LogP contribution in [0.5, 0.6) is 0 Å². The van der Waals surface area contributed by atoms with Crippen LogP contribution in [-0.4, -0.2) is 41.9 Å². The number of hydrogen-bond acceptors (Lipinski definition) is 5. The number of rotatable bonds is 5. The largest absolute Gasteiger partial charge is 0.355 e. The SMILES string of the molecule is Cc1cccc(Nc2c(C(=O)N3CCC(c4ccc(F)cc4)CC3)cnc(S(=O)(=O)O)c2C)c1. The predicted molar refractivity (Wildman–Crippen MR) is 128 cm³/mol. The Morgan fingerprint density at radius 3 is 2.41 bits per heavy atom. The van der Waals surface area contributed by atoms with E-state index < -0.39 is 15.1 Å². The number of aromatic nitrogens is 1. The van der Waals surface area contributed by atoms with Crippen LogP contribution in [0.25, 0.3) is 0 Å². The minimum Gasteiger partial charge on any atom is -0.355 e. The first-order valence-electron chi connectivity index (χ1n) is 11.0. The third kappa shape index (κ3) is 5.10. The lowest BCUT2D eigenvalue weighted by molar-refractivity contribution is 0.0713. The zero-order chi connectivity index (χ0) is 24.5. The second-order valence-corrected chi connectivity index (χ2v) is 9.90. The average molecular weight is 484 g/mol. The smallest absolute Gasteiger partial charge is 0.312 e. The molecule has 1 aliphatic heterocycles. The van der Waals surface area contributed by atoms with Gasteiger partial charge in [0.15, 0.2) is 5.03 Å². The number of likely N-dealkylation sites (tertiary alicyclic amines) is 1. The summed E-state index contributed by atoms with van der Waals surface area (Å²) in [7, 11) is -4.57. The highest BCUT2D eigenvalue weighted by atomic mass is 32.2. The van der Waals surface area contributed by atoms with E-state index in [0.717, 1.165) is 24.0 Å². The van der Waals surface area contributed by atoms with Crippen LogP contribution in [0, 0.1) is 19.7 Å². The number of benzene rings is 2. The Hall–Kier alpha value is -3.30. The summed E-state index contributed by atoms with van der Waals surface area (Å²) in [6.45, 7) is 4.44. The fourth-order valence-electron chi connectivity index (χ4n) is 4.37. The molecule has 2 aromatic carbocycles. The van der Waals surface area contributed by atoms with Crippen molar-refractivity contribution in [2.75, 3.05) is 18.4 Å². The maximum atomic E-state index is 13.5. The number of carbonyl (C=O) groups excluding carboxylic acids is 1. The first kappa shape index (κ1) is 23.8. The maximum absolute atomic E-state index is 13.5. The summed E-state index contributed by atoms with van der Waals surface area (Å²) >= 11 is 0. The molecular formula is C25H26FN3O4S. The second kappa shape index (κ2) is 9.52. The summed E-state index contributed by atoms with van der Waals surface area (Å²) in [5, 5.41) is 2.66.